The van der Waals surface area contributed by atoms with Gasteiger partial charge in [0.15, 0.2) is 0 Å². The third kappa shape index (κ3) is 4.39. The van der Waals surface area contributed by atoms with Crippen molar-refractivity contribution in [3.8, 4) is 5.75 Å². The quantitative estimate of drug-likeness (QED) is 0.808. The van der Waals surface area contributed by atoms with Gasteiger partial charge in [0.2, 0.25) is 0 Å². The third-order valence-electron chi connectivity index (χ3n) is 4.22. The van der Waals surface area contributed by atoms with Crippen LogP contribution in [0, 0.1) is 0 Å². The lowest BCUT2D eigenvalue weighted by Crippen LogP contribution is -2.44. The van der Waals surface area contributed by atoms with E-state index in [1.54, 1.807) is 0 Å². The monoisotopic (exact) mass is 277 g/mol. The van der Waals surface area contributed by atoms with Crippen molar-refractivity contribution < 1.29 is 4.74 Å². The van der Waals surface area contributed by atoms with Crippen LogP contribution >= 0.6 is 0 Å². The van der Waals surface area contributed by atoms with Crippen molar-refractivity contribution in [3.05, 3.63) is 24.3 Å². The Morgan fingerprint density at radius 2 is 1.90 bits per heavy atom. The Balaban J connectivity index is 1.67. The minimum Gasteiger partial charge on any atom is -0.492 e. The van der Waals surface area contributed by atoms with Gasteiger partial charge in [0.25, 0.3) is 0 Å². The summed E-state index contributed by atoms with van der Waals surface area (Å²) in [6.07, 6.45) is 2.54. The van der Waals surface area contributed by atoms with Crippen molar-refractivity contribution in [2.45, 2.75) is 25.8 Å². The first-order valence-electron chi connectivity index (χ1n) is 7.60. The molecule has 0 aliphatic carbocycles. The topological polar surface area (TPSA) is 41.7 Å². The molecule has 1 aromatic rings. The predicted octanol–water partition coefficient (Wildman–Crippen LogP) is 2.06. The number of likely N-dealkylation sites (tertiary alicyclic amines) is 1. The Kier molecular flexibility index (Phi) is 5.68. The van der Waals surface area contributed by atoms with Crippen molar-refractivity contribution in [2.24, 2.45) is 0 Å². The lowest BCUT2D eigenvalue weighted by atomic mass is 10.0. The fourth-order valence-corrected chi connectivity index (χ4v) is 2.73. The number of nitrogens with zero attached hydrogens (tertiary/aromatic N) is 2. The van der Waals surface area contributed by atoms with E-state index < -0.39 is 0 Å². The van der Waals surface area contributed by atoms with Gasteiger partial charge in [-0.15, -0.1) is 0 Å². The number of benzene rings is 1. The van der Waals surface area contributed by atoms with E-state index in [9.17, 15) is 0 Å². The molecule has 4 heteroatoms. The summed E-state index contributed by atoms with van der Waals surface area (Å²) < 4.78 is 5.76. The van der Waals surface area contributed by atoms with E-state index in [0.717, 1.165) is 24.6 Å². The first-order chi connectivity index (χ1) is 9.69. The molecule has 0 amide bonds. The van der Waals surface area contributed by atoms with Gasteiger partial charge in [-0.25, -0.2) is 0 Å². The van der Waals surface area contributed by atoms with E-state index in [0.29, 0.717) is 6.04 Å². The summed E-state index contributed by atoms with van der Waals surface area (Å²) in [4.78, 5) is 4.96. The molecule has 1 fully saturated rings. The van der Waals surface area contributed by atoms with Gasteiger partial charge >= 0.3 is 0 Å². The maximum atomic E-state index is 5.76. The molecule has 0 aromatic heterocycles. The van der Waals surface area contributed by atoms with E-state index >= 15 is 0 Å². The summed E-state index contributed by atoms with van der Waals surface area (Å²) in [6, 6.07) is 8.30. The highest BCUT2D eigenvalue weighted by atomic mass is 16.5. The van der Waals surface area contributed by atoms with Crippen LogP contribution in [0.4, 0.5) is 5.69 Å². The van der Waals surface area contributed by atoms with Gasteiger partial charge in [-0.05, 0) is 63.8 Å². The van der Waals surface area contributed by atoms with Gasteiger partial charge in [0.1, 0.15) is 12.4 Å². The Hall–Kier alpha value is -1.26. The molecule has 0 saturated carbocycles. The number of ether oxygens (including phenoxy) is 1. The van der Waals surface area contributed by atoms with Crippen LogP contribution in [0.2, 0.25) is 0 Å². The van der Waals surface area contributed by atoms with Gasteiger partial charge in [-0.3, -0.25) is 4.90 Å². The molecule has 0 spiro atoms. The molecule has 1 aliphatic heterocycles. The minimum atomic E-state index is 0.702. The molecule has 112 valence electrons. The van der Waals surface area contributed by atoms with E-state index in [2.05, 4.69) is 23.8 Å². The number of nitrogen functional groups attached to an aromatic ring is 1. The maximum absolute atomic E-state index is 5.76. The number of nitrogens with two attached hydrogens (primary N) is 1. The second-order valence-corrected chi connectivity index (χ2v) is 5.56. The van der Waals surface area contributed by atoms with Gasteiger partial charge in [0.05, 0.1) is 0 Å². The van der Waals surface area contributed by atoms with E-state index in [1.165, 1.54) is 32.5 Å². The molecule has 1 saturated heterocycles. The average Bonchev–Trinajstić information content (AvgIpc) is 2.49. The van der Waals surface area contributed by atoms with Gasteiger partial charge in [-0.2, -0.15) is 0 Å². The lowest BCUT2D eigenvalue weighted by molar-refractivity contribution is 0.118. The molecule has 2 rings (SSSR count). The molecule has 4 nitrogen and oxygen atoms in total. The summed E-state index contributed by atoms with van der Waals surface area (Å²) >= 11 is 0. The summed E-state index contributed by atoms with van der Waals surface area (Å²) in [7, 11) is 2.21. The zero-order valence-electron chi connectivity index (χ0n) is 12.7. The van der Waals surface area contributed by atoms with Crippen molar-refractivity contribution >= 4 is 5.69 Å². The normalized spacial score (nSPS) is 17.6. The van der Waals surface area contributed by atoms with Crippen molar-refractivity contribution in [3.63, 3.8) is 0 Å². The van der Waals surface area contributed by atoms with E-state index in [-0.39, 0.29) is 0 Å². The zero-order chi connectivity index (χ0) is 14.4. The SMILES string of the molecule is CCN1CCC(N(C)CCOc2ccc(N)cc2)CC1. The molecular weight excluding hydrogens is 250 g/mol. The van der Waals surface area contributed by atoms with Crippen LogP contribution in [0.5, 0.6) is 5.75 Å². The van der Waals surface area contributed by atoms with E-state index in [1.807, 2.05) is 24.3 Å². The fraction of sp³-hybridized carbons (Fsp3) is 0.625. The second kappa shape index (κ2) is 7.50. The van der Waals surface area contributed by atoms with Crippen molar-refractivity contribution in [2.75, 3.05) is 45.6 Å². The highest BCUT2D eigenvalue weighted by molar-refractivity contribution is 5.41. The molecule has 1 aromatic carbocycles. The summed E-state index contributed by atoms with van der Waals surface area (Å²) in [5, 5.41) is 0. The van der Waals surface area contributed by atoms with Crippen LogP contribution < -0.4 is 10.5 Å². The van der Waals surface area contributed by atoms with Crippen LogP contribution in [0.3, 0.4) is 0 Å². The molecular formula is C16H27N3O. The largest absolute Gasteiger partial charge is 0.492 e. The Morgan fingerprint density at radius 3 is 2.50 bits per heavy atom. The van der Waals surface area contributed by atoms with Gasteiger partial charge < -0.3 is 15.4 Å². The molecule has 0 atom stereocenters. The van der Waals surface area contributed by atoms with Crippen LogP contribution in [-0.4, -0.2) is 55.7 Å². The number of hydrogen-bond acceptors (Lipinski definition) is 4. The van der Waals surface area contributed by atoms with E-state index in [4.69, 9.17) is 10.5 Å². The molecule has 1 aliphatic rings. The maximum Gasteiger partial charge on any atom is 0.119 e. The van der Waals surface area contributed by atoms with Gasteiger partial charge in [-0.1, -0.05) is 6.92 Å². The Bertz CT molecular complexity index is 385. The predicted molar refractivity (Wildman–Crippen MR) is 84.1 cm³/mol. The first kappa shape index (κ1) is 15.1. The number of rotatable bonds is 6. The summed E-state index contributed by atoms with van der Waals surface area (Å²) in [5.41, 5.74) is 6.43. The molecule has 0 unspecified atom stereocenters. The zero-order valence-corrected chi connectivity index (χ0v) is 12.7. The van der Waals surface area contributed by atoms with Crippen LogP contribution in [0.1, 0.15) is 19.8 Å². The standard InChI is InChI=1S/C16H27N3O/c1-3-19-10-8-15(9-11-19)18(2)12-13-20-16-6-4-14(17)5-7-16/h4-7,15H,3,8-13,17H2,1-2H3. The van der Waals surface area contributed by atoms with Crippen LogP contribution in [0.15, 0.2) is 24.3 Å². The number of anilines is 1. The minimum absolute atomic E-state index is 0.702. The highest BCUT2D eigenvalue weighted by Gasteiger charge is 2.21. The fourth-order valence-electron chi connectivity index (χ4n) is 2.73. The van der Waals surface area contributed by atoms with Crippen molar-refractivity contribution in [1.82, 2.24) is 9.80 Å². The third-order valence-corrected chi connectivity index (χ3v) is 4.22. The van der Waals surface area contributed by atoms with Crippen LogP contribution in [-0.2, 0) is 0 Å². The molecule has 20 heavy (non-hydrogen) atoms. The number of piperidine rings is 1. The average molecular weight is 277 g/mol. The molecule has 0 bridgehead atoms. The first-order valence-corrected chi connectivity index (χ1v) is 7.60. The van der Waals surface area contributed by atoms with Crippen molar-refractivity contribution in [1.29, 1.82) is 0 Å². The molecule has 2 N–H and O–H groups in total. The molecule has 0 radical (unpaired) electrons. The summed E-state index contributed by atoms with van der Waals surface area (Å²) in [6.45, 7) is 7.57. The van der Waals surface area contributed by atoms with Crippen LogP contribution in [0.25, 0.3) is 0 Å². The Labute approximate surface area is 122 Å². The molecule has 1 heterocycles. The van der Waals surface area contributed by atoms with Gasteiger partial charge in [0, 0.05) is 18.3 Å². The summed E-state index contributed by atoms with van der Waals surface area (Å²) in [5.74, 6) is 0.897. The highest BCUT2D eigenvalue weighted by Crippen LogP contribution is 2.16. The number of likely N-dealkylation sites (N-methyl/N-ethyl adjacent to an activating group) is 1. The Morgan fingerprint density at radius 1 is 1.25 bits per heavy atom. The lowest BCUT2D eigenvalue weighted by Gasteiger charge is -2.36. The second-order valence-electron chi connectivity index (χ2n) is 5.56. The smallest absolute Gasteiger partial charge is 0.119 e. The number of hydrogen-bond donors (Lipinski definition) is 1.